The Morgan fingerprint density at radius 1 is 0.416 bits per heavy atom. The molecule has 6 unspecified atom stereocenters. The van der Waals surface area contributed by atoms with Gasteiger partial charge >= 0.3 is 0 Å². The van der Waals surface area contributed by atoms with Crippen LogP contribution >= 0.6 is 0 Å². The van der Waals surface area contributed by atoms with Crippen molar-refractivity contribution in [2.75, 3.05) is 11.5 Å². The molecule has 6 N–H and O–H groups in total. The third kappa shape index (κ3) is 6.25. The molecule has 0 aromatic heterocycles. The van der Waals surface area contributed by atoms with Crippen molar-refractivity contribution >= 4 is 11.4 Å². The summed E-state index contributed by atoms with van der Waals surface area (Å²) in [5, 5.41) is 22.1. The van der Waals surface area contributed by atoms with Crippen molar-refractivity contribution in [3.8, 4) is 45.6 Å². The van der Waals surface area contributed by atoms with Crippen molar-refractivity contribution in [1.82, 2.24) is 0 Å². The number of rotatable bonds is 9. The van der Waals surface area contributed by atoms with Crippen molar-refractivity contribution in [3.63, 3.8) is 0 Å². The number of nitrogens with two attached hydrogens (primary N) is 2. The number of para-hydroxylation sites is 2. The minimum Gasteiger partial charge on any atom is -0.506 e. The van der Waals surface area contributed by atoms with Crippen LogP contribution in [0.15, 0.2) is 127 Å². The second-order valence-corrected chi connectivity index (χ2v) is 30.0. The highest BCUT2D eigenvalue weighted by atomic mass is 16.5. The zero-order valence-electron chi connectivity index (χ0n) is 45.9. The number of hydrogen-bond donors (Lipinski definition) is 4. The minimum atomic E-state index is -0.944. The molecule has 6 aromatic rings. The molecule has 6 aromatic carbocycles. The number of phenols is 2. The van der Waals surface area contributed by atoms with E-state index in [9.17, 15) is 10.2 Å². The Balaban J connectivity index is 0.990. The van der Waals surface area contributed by atoms with E-state index < -0.39 is 5.41 Å². The molecule has 6 nitrogen and oxygen atoms in total. The quantitative estimate of drug-likeness (QED) is 0.0847. The average molecular weight is 1020 g/mol. The molecule has 12 fully saturated rings. The summed E-state index contributed by atoms with van der Waals surface area (Å²) in [7, 11) is 0. The average Bonchev–Trinajstić information content (AvgIpc) is 2.97. The van der Waals surface area contributed by atoms with Crippen LogP contribution in [0.2, 0.25) is 0 Å². The first kappa shape index (κ1) is 47.1. The highest BCUT2D eigenvalue weighted by molar-refractivity contribution is 5.89. The van der Waals surface area contributed by atoms with E-state index in [2.05, 4.69) is 119 Å². The fraction of sp³-hybridized carbons (Fsp3) is 0.493. The van der Waals surface area contributed by atoms with Crippen LogP contribution < -0.4 is 20.9 Å². The summed E-state index contributed by atoms with van der Waals surface area (Å²) in [6.07, 6.45) is 23.7. The third-order valence-corrected chi connectivity index (χ3v) is 24.3. The lowest BCUT2D eigenvalue weighted by Gasteiger charge is -2.80. The van der Waals surface area contributed by atoms with Gasteiger partial charge in [-0.2, -0.15) is 0 Å². The SMILES string of the molecule is CC12CC3CC(C)(C1)CC(C14CC5CC(C1)C(c1cccc6c1C(c1ccccc1Oc1ccc(N)c(O)c1)(c1ccccc1Oc1ccc(N)c(O)c1)c1ccccc1-6)(C16CC7CC(C)(CC(C)(C7)C1)C6)C(C5)C4)(C3)C2. The highest BCUT2D eigenvalue weighted by Gasteiger charge is 2.78. The van der Waals surface area contributed by atoms with Crippen LogP contribution in [0.3, 0.4) is 0 Å². The molecule has 0 amide bonds. The summed E-state index contributed by atoms with van der Waals surface area (Å²) in [5.74, 6) is 6.03. The van der Waals surface area contributed by atoms with Crippen molar-refractivity contribution < 1.29 is 19.7 Å². The van der Waals surface area contributed by atoms with Crippen LogP contribution in [0.1, 0.15) is 165 Å². The predicted octanol–water partition coefficient (Wildman–Crippen LogP) is 17.3. The Morgan fingerprint density at radius 2 is 0.857 bits per heavy atom. The number of aromatic hydroxyl groups is 2. The van der Waals surface area contributed by atoms with Gasteiger partial charge < -0.3 is 31.2 Å². The predicted molar refractivity (Wildman–Crippen MR) is 306 cm³/mol. The molecule has 12 bridgehead atoms. The van der Waals surface area contributed by atoms with Gasteiger partial charge in [-0.25, -0.2) is 0 Å². The summed E-state index contributed by atoms with van der Waals surface area (Å²) < 4.78 is 14.4. The van der Waals surface area contributed by atoms with Crippen molar-refractivity contribution in [2.24, 2.45) is 67.5 Å². The van der Waals surface area contributed by atoms with Gasteiger partial charge in [0.15, 0.2) is 0 Å². The molecule has 0 saturated heterocycles. The Labute approximate surface area is 456 Å². The van der Waals surface area contributed by atoms with E-state index in [1.807, 2.05) is 12.1 Å². The molecule has 0 heterocycles. The van der Waals surface area contributed by atoms with Gasteiger partial charge in [-0.15, -0.1) is 0 Å². The molecular formula is C71H78N2O4. The number of anilines is 2. The maximum atomic E-state index is 11.1. The van der Waals surface area contributed by atoms with Crippen molar-refractivity contribution in [2.45, 2.75) is 148 Å². The lowest BCUT2D eigenvalue weighted by Crippen LogP contribution is -2.73. The van der Waals surface area contributed by atoms with Gasteiger partial charge in [0.2, 0.25) is 0 Å². The molecule has 77 heavy (non-hydrogen) atoms. The van der Waals surface area contributed by atoms with E-state index in [1.165, 1.54) is 131 Å². The maximum Gasteiger partial charge on any atom is 0.142 e. The van der Waals surface area contributed by atoms with Gasteiger partial charge in [0.05, 0.1) is 16.8 Å². The van der Waals surface area contributed by atoms with Gasteiger partial charge in [0, 0.05) is 28.7 Å². The van der Waals surface area contributed by atoms with Crippen LogP contribution in [0, 0.1) is 67.5 Å². The van der Waals surface area contributed by atoms with Gasteiger partial charge in [0.25, 0.3) is 0 Å². The zero-order chi connectivity index (χ0) is 52.3. The number of nitrogen functional groups attached to an aromatic ring is 2. The molecule has 0 radical (unpaired) electrons. The summed E-state index contributed by atoms with van der Waals surface area (Å²) >= 11 is 0. The highest BCUT2D eigenvalue weighted by Crippen LogP contribution is 2.86. The fourth-order valence-electron chi connectivity index (χ4n) is 24.8. The van der Waals surface area contributed by atoms with E-state index in [0.29, 0.717) is 78.7 Å². The Bertz CT molecular complexity index is 3330. The number of ether oxygens (including phenoxy) is 2. The normalized spacial score (nSPS) is 39.7. The minimum absolute atomic E-state index is 0.00430. The van der Waals surface area contributed by atoms with Gasteiger partial charge in [-0.1, -0.05) is 107 Å². The van der Waals surface area contributed by atoms with Crippen LogP contribution in [0.4, 0.5) is 11.4 Å². The van der Waals surface area contributed by atoms with Gasteiger partial charge in [-0.05, 0) is 241 Å². The van der Waals surface area contributed by atoms with Crippen molar-refractivity contribution in [3.05, 3.63) is 155 Å². The molecule has 6 atom stereocenters. The first-order valence-corrected chi connectivity index (χ1v) is 29.9. The summed E-state index contributed by atoms with van der Waals surface area (Å²) in [5.41, 5.74) is 23.5. The van der Waals surface area contributed by atoms with Crippen LogP contribution in [0.25, 0.3) is 11.1 Å². The number of hydrogen-bond acceptors (Lipinski definition) is 6. The second kappa shape index (κ2) is 15.3. The topological polar surface area (TPSA) is 111 Å². The molecule has 12 saturated carbocycles. The lowest BCUT2D eigenvalue weighted by molar-refractivity contribution is -0.283. The largest absolute Gasteiger partial charge is 0.506 e. The summed E-state index contributed by atoms with van der Waals surface area (Å²) in [6, 6.07) is 44.7. The van der Waals surface area contributed by atoms with E-state index >= 15 is 0 Å². The first-order chi connectivity index (χ1) is 36.9. The Hall–Kier alpha value is -5.88. The summed E-state index contributed by atoms with van der Waals surface area (Å²) in [6.45, 7) is 10.9. The molecule has 13 aliphatic rings. The standard InChI is InChI=1S/C71H78N2O4/c1-63-28-44-29-64(2,37-63)40-68(33-44,39-63)67-32-43-24-46(35-67)71(47(25-43)36-67,69-34-45-30-65(3,41-69)38-66(4,31-45)42-69)55-17-11-13-51-50-12-5-6-14-52(50)70(62(51)55,53-15-7-9-18-60(53)76-48-20-22-56(72)58(74)26-48)54-16-8-10-19-61(54)77-49-21-23-57(73)59(75)27-49/h5-23,26-27,43-47,74-75H,24-25,28-42,72-73H2,1-4H3. The van der Waals surface area contributed by atoms with E-state index in [1.54, 1.807) is 29.8 Å². The number of phenolic OH excluding ortho intramolecular Hbond substituents is 2. The van der Waals surface area contributed by atoms with Crippen molar-refractivity contribution in [1.29, 1.82) is 0 Å². The second-order valence-electron chi connectivity index (χ2n) is 30.0. The Morgan fingerprint density at radius 3 is 1.38 bits per heavy atom. The molecule has 19 rings (SSSR count). The van der Waals surface area contributed by atoms with Crippen LogP contribution in [-0.4, -0.2) is 10.2 Å². The lowest BCUT2D eigenvalue weighted by atomic mass is 9.24. The molecule has 6 heteroatoms. The van der Waals surface area contributed by atoms with Crippen LogP contribution in [-0.2, 0) is 10.8 Å². The molecule has 396 valence electrons. The molecular weight excluding hydrogens is 945 g/mol. The van der Waals surface area contributed by atoms with Crippen LogP contribution in [0.5, 0.6) is 34.5 Å². The van der Waals surface area contributed by atoms with E-state index in [4.69, 9.17) is 20.9 Å². The van der Waals surface area contributed by atoms with E-state index in [-0.39, 0.29) is 22.3 Å². The molecule has 0 spiro atoms. The van der Waals surface area contributed by atoms with E-state index in [0.717, 1.165) is 28.9 Å². The summed E-state index contributed by atoms with van der Waals surface area (Å²) in [4.78, 5) is 0. The monoisotopic (exact) mass is 1020 g/mol. The first-order valence-electron chi connectivity index (χ1n) is 29.9. The maximum absolute atomic E-state index is 11.1. The molecule has 0 aliphatic heterocycles. The Kier molecular flexibility index (Phi) is 9.35. The van der Waals surface area contributed by atoms with Gasteiger partial charge in [0.1, 0.15) is 34.5 Å². The smallest absolute Gasteiger partial charge is 0.142 e. The number of benzene rings is 6. The molecule has 13 aliphatic carbocycles. The zero-order valence-corrected chi connectivity index (χ0v) is 45.9. The fourth-order valence-corrected chi connectivity index (χ4v) is 24.8. The number of fused-ring (bicyclic) bond motifs is 3. The van der Waals surface area contributed by atoms with Gasteiger partial charge in [-0.3, -0.25) is 0 Å². The third-order valence-electron chi connectivity index (χ3n) is 24.3.